The number of hydrogen-bond acceptors (Lipinski definition) is 4. The lowest BCUT2D eigenvalue weighted by atomic mass is 9.77. The van der Waals surface area contributed by atoms with Gasteiger partial charge in [0.2, 0.25) is 5.91 Å². The smallest absolute Gasteiger partial charge is 0.310 e. The predicted octanol–water partition coefficient (Wildman–Crippen LogP) is 0.646. The second kappa shape index (κ2) is 3.73. The molecule has 1 N–H and O–H groups in total. The number of fused-ring (bicyclic) bond motifs is 1. The maximum atomic E-state index is 12.5. The van der Waals surface area contributed by atoms with Gasteiger partial charge in [0.25, 0.3) is 0 Å². The minimum Gasteiger partial charge on any atom is -0.481 e. The molecule has 3 aliphatic rings. The number of carbonyl (C=O) groups excluding carboxylic acids is 1. The van der Waals surface area contributed by atoms with Crippen LogP contribution in [-0.2, 0) is 20.9 Å². The van der Waals surface area contributed by atoms with E-state index in [0.717, 1.165) is 0 Å². The van der Waals surface area contributed by atoms with Crippen LogP contribution in [0.25, 0.3) is 0 Å². The first kappa shape index (κ1) is 11.7. The zero-order valence-corrected chi connectivity index (χ0v) is 10.6. The van der Waals surface area contributed by atoms with Gasteiger partial charge in [0, 0.05) is 0 Å². The van der Waals surface area contributed by atoms with Crippen LogP contribution in [0.1, 0.15) is 5.76 Å². The molecule has 6 heteroatoms. The van der Waals surface area contributed by atoms with Crippen LogP contribution in [-0.4, -0.2) is 40.1 Å². The van der Waals surface area contributed by atoms with Gasteiger partial charge in [0.15, 0.2) is 0 Å². The molecule has 0 radical (unpaired) electrons. The largest absolute Gasteiger partial charge is 0.481 e. The number of rotatable bonds is 3. The Morgan fingerprint density at radius 2 is 2.40 bits per heavy atom. The van der Waals surface area contributed by atoms with Gasteiger partial charge in [-0.15, -0.1) is 0 Å². The Labute approximate surface area is 114 Å². The van der Waals surface area contributed by atoms with E-state index in [1.54, 1.807) is 29.4 Å². The van der Waals surface area contributed by atoms with Crippen molar-refractivity contribution in [3.63, 3.8) is 0 Å². The van der Waals surface area contributed by atoms with E-state index in [1.807, 2.05) is 6.08 Å². The van der Waals surface area contributed by atoms with Crippen LogP contribution in [0.3, 0.4) is 0 Å². The molecule has 1 amide bonds. The Morgan fingerprint density at radius 1 is 1.55 bits per heavy atom. The minimum absolute atomic E-state index is 0.166. The molecule has 20 heavy (non-hydrogen) atoms. The Morgan fingerprint density at radius 3 is 3.10 bits per heavy atom. The summed E-state index contributed by atoms with van der Waals surface area (Å²) in [5.41, 5.74) is -0.766. The molecule has 4 heterocycles. The molecule has 1 aromatic rings. The van der Waals surface area contributed by atoms with E-state index in [4.69, 9.17) is 9.15 Å². The van der Waals surface area contributed by atoms with Crippen LogP contribution in [0.5, 0.6) is 0 Å². The molecule has 2 bridgehead atoms. The third-order valence-corrected chi connectivity index (χ3v) is 4.39. The van der Waals surface area contributed by atoms with Crippen molar-refractivity contribution in [2.24, 2.45) is 11.8 Å². The molecule has 2 fully saturated rings. The number of carboxylic acids is 1. The summed E-state index contributed by atoms with van der Waals surface area (Å²) in [6.45, 7) is 0.728. The lowest BCUT2D eigenvalue weighted by Crippen LogP contribution is -2.39. The van der Waals surface area contributed by atoms with E-state index in [2.05, 4.69) is 0 Å². The van der Waals surface area contributed by atoms with Crippen LogP contribution in [0.2, 0.25) is 0 Å². The predicted molar refractivity (Wildman–Crippen MR) is 65.5 cm³/mol. The average molecular weight is 275 g/mol. The van der Waals surface area contributed by atoms with Gasteiger partial charge in [-0.2, -0.15) is 0 Å². The maximum absolute atomic E-state index is 12.5. The first-order chi connectivity index (χ1) is 9.61. The summed E-state index contributed by atoms with van der Waals surface area (Å²) in [5.74, 6) is -1.86. The van der Waals surface area contributed by atoms with E-state index >= 15 is 0 Å². The van der Waals surface area contributed by atoms with Crippen LogP contribution in [0.15, 0.2) is 35.0 Å². The summed E-state index contributed by atoms with van der Waals surface area (Å²) in [4.78, 5) is 25.5. The Bertz CT molecular complexity index is 607. The molecule has 0 aliphatic carbocycles. The standard InChI is InChI=1S/C14H13NO5/c16-12-11-10(13(17)18)9-3-4-14(11,20-9)7-15(12)6-8-2-1-5-19-8/h1-5,9-11H,6-7H2,(H,17,18)/t9-,10+,11-,14-/m1/s1. The number of aliphatic carboxylic acids is 1. The Hall–Kier alpha value is -2.08. The summed E-state index contributed by atoms with van der Waals surface area (Å²) in [7, 11) is 0. The number of carbonyl (C=O) groups is 2. The van der Waals surface area contributed by atoms with E-state index in [0.29, 0.717) is 18.8 Å². The molecule has 0 saturated carbocycles. The average Bonchev–Trinajstić information content (AvgIpc) is 3.12. The van der Waals surface area contributed by atoms with Crippen molar-refractivity contribution in [1.29, 1.82) is 0 Å². The fourth-order valence-corrected chi connectivity index (χ4v) is 3.58. The first-order valence-corrected chi connectivity index (χ1v) is 6.52. The van der Waals surface area contributed by atoms with Crippen molar-refractivity contribution in [2.45, 2.75) is 18.2 Å². The van der Waals surface area contributed by atoms with Gasteiger partial charge in [-0.3, -0.25) is 9.59 Å². The van der Waals surface area contributed by atoms with Gasteiger partial charge in [-0.1, -0.05) is 12.2 Å². The SMILES string of the molecule is O=C(O)[C@H]1[C@H]2C=C[C@]3(CN(Cc4ccco4)C(=O)[C@@H]13)O2. The summed E-state index contributed by atoms with van der Waals surface area (Å²) in [6.07, 6.45) is 4.69. The zero-order valence-electron chi connectivity index (χ0n) is 10.6. The van der Waals surface area contributed by atoms with Crippen molar-refractivity contribution < 1.29 is 23.8 Å². The van der Waals surface area contributed by atoms with E-state index in [9.17, 15) is 14.7 Å². The molecule has 6 nitrogen and oxygen atoms in total. The van der Waals surface area contributed by atoms with Crippen molar-refractivity contribution in [2.75, 3.05) is 6.54 Å². The Kier molecular flexibility index (Phi) is 2.18. The van der Waals surface area contributed by atoms with Crippen LogP contribution < -0.4 is 0 Å². The monoisotopic (exact) mass is 275 g/mol. The fraction of sp³-hybridized carbons (Fsp3) is 0.429. The van der Waals surface area contributed by atoms with Gasteiger partial charge in [-0.05, 0) is 12.1 Å². The normalized spacial score (nSPS) is 37.7. The summed E-state index contributed by atoms with van der Waals surface area (Å²) >= 11 is 0. The number of likely N-dealkylation sites (tertiary alicyclic amines) is 1. The first-order valence-electron chi connectivity index (χ1n) is 6.52. The van der Waals surface area contributed by atoms with Crippen LogP contribution in [0.4, 0.5) is 0 Å². The van der Waals surface area contributed by atoms with Gasteiger partial charge in [-0.25, -0.2) is 0 Å². The van der Waals surface area contributed by atoms with E-state index in [1.165, 1.54) is 0 Å². The number of amides is 1. The molecule has 1 spiro atoms. The quantitative estimate of drug-likeness (QED) is 0.819. The highest BCUT2D eigenvalue weighted by Gasteiger charge is 2.67. The number of carboxylic acid groups (broad SMARTS) is 1. The minimum atomic E-state index is -0.973. The van der Waals surface area contributed by atoms with Gasteiger partial charge >= 0.3 is 5.97 Å². The number of nitrogens with zero attached hydrogens (tertiary/aromatic N) is 1. The van der Waals surface area contributed by atoms with Crippen molar-refractivity contribution >= 4 is 11.9 Å². The second-order valence-electron chi connectivity index (χ2n) is 5.51. The molecule has 2 saturated heterocycles. The van der Waals surface area contributed by atoms with E-state index in [-0.39, 0.29) is 5.91 Å². The lowest BCUT2D eigenvalue weighted by molar-refractivity contribution is -0.148. The molecule has 4 rings (SSSR count). The Balaban J connectivity index is 1.65. The highest BCUT2D eigenvalue weighted by molar-refractivity contribution is 5.90. The summed E-state index contributed by atoms with van der Waals surface area (Å²) in [6, 6.07) is 3.55. The summed E-state index contributed by atoms with van der Waals surface area (Å²) in [5, 5.41) is 9.34. The maximum Gasteiger partial charge on any atom is 0.310 e. The number of hydrogen-bond donors (Lipinski definition) is 1. The number of ether oxygens (including phenoxy) is 1. The van der Waals surface area contributed by atoms with Crippen molar-refractivity contribution in [3.05, 3.63) is 36.3 Å². The molecule has 104 valence electrons. The van der Waals surface area contributed by atoms with Crippen molar-refractivity contribution in [3.8, 4) is 0 Å². The topological polar surface area (TPSA) is 80.0 Å². The lowest BCUT2D eigenvalue weighted by Gasteiger charge is -2.21. The van der Waals surface area contributed by atoms with Gasteiger partial charge in [0.1, 0.15) is 17.3 Å². The molecule has 3 aliphatic heterocycles. The van der Waals surface area contributed by atoms with Gasteiger partial charge in [0.05, 0.1) is 31.4 Å². The zero-order chi connectivity index (χ0) is 13.9. The van der Waals surface area contributed by atoms with Crippen LogP contribution >= 0.6 is 0 Å². The molecular weight excluding hydrogens is 262 g/mol. The molecule has 0 aromatic carbocycles. The highest BCUT2D eigenvalue weighted by Crippen LogP contribution is 2.52. The van der Waals surface area contributed by atoms with Gasteiger partial charge < -0.3 is 19.2 Å². The van der Waals surface area contributed by atoms with E-state index < -0.39 is 29.5 Å². The van der Waals surface area contributed by atoms with Crippen molar-refractivity contribution in [1.82, 2.24) is 4.90 Å². The molecular formula is C14H13NO5. The third-order valence-electron chi connectivity index (χ3n) is 4.39. The highest BCUT2D eigenvalue weighted by atomic mass is 16.5. The fourth-order valence-electron chi connectivity index (χ4n) is 3.58. The van der Waals surface area contributed by atoms with Crippen LogP contribution in [0, 0.1) is 11.8 Å². The molecule has 4 atom stereocenters. The second-order valence-corrected chi connectivity index (χ2v) is 5.51. The molecule has 0 unspecified atom stereocenters. The third kappa shape index (κ3) is 1.37. The number of furan rings is 1. The molecule has 1 aromatic heterocycles. The summed E-state index contributed by atoms with van der Waals surface area (Å²) < 4.78 is 11.0.